The van der Waals surface area contributed by atoms with Crippen LogP contribution >= 0.6 is 0 Å². The number of esters is 2. The predicted molar refractivity (Wildman–Crippen MR) is 110 cm³/mol. The van der Waals surface area contributed by atoms with Gasteiger partial charge in [0.1, 0.15) is 6.61 Å². The number of hydrogen-bond acceptors (Lipinski definition) is 6. The Hall–Kier alpha value is -3.48. The Labute approximate surface area is 179 Å². The van der Waals surface area contributed by atoms with E-state index in [1.54, 1.807) is 38.1 Å². The molecule has 160 valence electrons. The number of fused-ring (bicyclic) bond motifs is 1. The summed E-state index contributed by atoms with van der Waals surface area (Å²) in [4.78, 5) is 51.5. The van der Waals surface area contributed by atoms with Gasteiger partial charge in [-0.15, -0.1) is 0 Å². The minimum atomic E-state index is -0.976. The van der Waals surface area contributed by atoms with Crippen LogP contribution in [0.1, 0.15) is 52.5 Å². The molecule has 0 aromatic heterocycles. The SMILES string of the molecule is CC1(C)COC(=O)[C@@H]1OC(=O)C[C@H](CN1C(=O)c2ccccc2C1=O)c1ccccc1. The number of benzene rings is 2. The third-order valence-electron chi connectivity index (χ3n) is 5.72. The van der Waals surface area contributed by atoms with Crippen LogP contribution in [0.25, 0.3) is 0 Å². The molecule has 2 aromatic rings. The van der Waals surface area contributed by atoms with Crippen LogP contribution in [-0.4, -0.2) is 47.9 Å². The first-order valence-corrected chi connectivity index (χ1v) is 10.1. The van der Waals surface area contributed by atoms with E-state index >= 15 is 0 Å². The molecule has 2 aliphatic heterocycles. The second kappa shape index (κ2) is 7.98. The highest BCUT2D eigenvalue weighted by atomic mass is 16.6. The van der Waals surface area contributed by atoms with Gasteiger partial charge in [-0.05, 0) is 17.7 Å². The van der Waals surface area contributed by atoms with E-state index in [0.29, 0.717) is 11.1 Å². The summed E-state index contributed by atoms with van der Waals surface area (Å²) in [5, 5.41) is 0. The number of ether oxygens (including phenoxy) is 2. The van der Waals surface area contributed by atoms with Crippen molar-refractivity contribution in [2.24, 2.45) is 5.41 Å². The first-order valence-electron chi connectivity index (χ1n) is 10.1. The third-order valence-corrected chi connectivity index (χ3v) is 5.72. The predicted octanol–water partition coefficient (Wildman–Crippen LogP) is 2.95. The van der Waals surface area contributed by atoms with Gasteiger partial charge in [0.15, 0.2) is 0 Å². The topological polar surface area (TPSA) is 90.0 Å². The van der Waals surface area contributed by atoms with E-state index in [1.807, 2.05) is 30.3 Å². The highest BCUT2D eigenvalue weighted by molar-refractivity contribution is 6.21. The Morgan fingerprint density at radius 3 is 2.16 bits per heavy atom. The Balaban J connectivity index is 1.54. The van der Waals surface area contributed by atoms with Gasteiger partial charge in [-0.3, -0.25) is 19.3 Å². The third kappa shape index (κ3) is 3.95. The van der Waals surface area contributed by atoms with Gasteiger partial charge >= 0.3 is 11.9 Å². The molecule has 0 N–H and O–H groups in total. The highest BCUT2D eigenvalue weighted by Gasteiger charge is 2.47. The van der Waals surface area contributed by atoms with Gasteiger partial charge in [0, 0.05) is 17.9 Å². The molecule has 2 atom stereocenters. The van der Waals surface area contributed by atoms with E-state index < -0.39 is 29.4 Å². The van der Waals surface area contributed by atoms with Crippen LogP contribution in [0.3, 0.4) is 0 Å². The first kappa shape index (κ1) is 20.8. The van der Waals surface area contributed by atoms with Crippen LogP contribution in [0.5, 0.6) is 0 Å². The van der Waals surface area contributed by atoms with E-state index in [1.165, 1.54) is 4.90 Å². The lowest BCUT2D eigenvalue weighted by atomic mass is 9.89. The maximum absolute atomic E-state index is 12.8. The molecular formula is C24H23NO6. The normalized spacial score (nSPS) is 20.4. The smallest absolute Gasteiger partial charge is 0.348 e. The van der Waals surface area contributed by atoms with Crippen LogP contribution in [0.2, 0.25) is 0 Å². The van der Waals surface area contributed by atoms with Crippen molar-refractivity contribution in [2.75, 3.05) is 13.2 Å². The molecule has 2 heterocycles. The van der Waals surface area contributed by atoms with Gasteiger partial charge in [0.05, 0.1) is 17.5 Å². The summed E-state index contributed by atoms with van der Waals surface area (Å²) >= 11 is 0. The molecule has 2 aliphatic rings. The zero-order valence-corrected chi connectivity index (χ0v) is 17.4. The fraction of sp³-hybridized carbons (Fsp3) is 0.333. The van der Waals surface area contributed by atoms with Crippen molar-refractivity contribution >= 4 is 23.8 Å². The number of carbonyl (C=O) groups is 4. The number of rotatable bonds is 6. The molecule has 0 unspecified atom stereocenters. The van der Waals surface area contributed by atoms with Gasteiger partial charge in [-0.25, -0.2) is 4.79 Å². The number of cyclic esters (lactones) is 1. The molecule has 1 fully saturated rings. The standard InChI is InChI=1S/C24H23NO6/c1-24(2)14-30-23(29)20(24)31-19(26)12-16(15-8-4-3-5-9-15)13-25-21(27)17-10-6-7-11-18(17)22(25)28/h3-11,16,20H,12-14H2,1-2H3/t16-,20+/m1/s1. The maximum atomic E-state index is 12.8. The Morgan fingerprint density at radius 1 is 1.03 bits per heavy atom. The van der Waals surface area contributed by atoms with E-state index in [9.17, 15) is 19.2 Å². The summed E-state index contributed by atoms with van der Waals surface area (Å²) in [5.74, 6) is -2.38. The Morgan fingerprint density at radius 2 is 1.61 bits per heavy atom. The molecule has 2 amide bonds. The lowest BCUT2D eigenvalue weighted by Gasteiger charge is -2.25. The molecule has 2 aromatic carbocycles. The average molecular weight is 421 g/mol. The van der Waals surface area contributed by atoms with Crippen LogP contribution in [-0.2, 0) is 19.1 Å². The van der Waals surface area contributed by atoms with Crippen molar-refractivity contribution < 1.29 is 28.7 Å². The summed E-state index contributed by atoms with van der Waals surface area (Å²) in [5.41, 5.74) is 0.899. The zero-order valence-electron chi connectivity index (χ0n) is 17.4. The lowest BCUT2D eigenvalue weighted by Crippen LogP contribution is -2.37. The Kier molecular flexibility index (Phi) is 5.35. The van der Waals surface area contributed by atoms with Gasteiger partial charge < -0.3 is 9.47 Å². The van der Waals surface area contributed by atoms with Crippen molar-refractivity contribution in [3.8, 4) is 0 Å². The quantitative estimate of drug-likeness (QED) is 0.526. The second-order valence-corrected chi connectivity index (χ2v) is 8.54. The van der Waals surface area contributed by atoms with Crippen LogP contribution in [0.4, 0.5) is 0 Å². The van der Waals surface area contributed by atoms with E-state index in [4.69, 9.17) is 9.47 Å². The number of imide groups is 1. The van der Waals surface area contributed by atoms with Crippen molar-refractivity contribution in [1.29, 1.82) is 0 Å². The summed E-state index contributed by atoms with van der Waals surface area (Å²) in [6.07, 6.45) is -1.06. The molecule has 4 rings (SSSR count). The average Bonchev–Trinajstić information content (AvgIpc) is 3.16. The molecular weight excluding hydrogens is 398 g/mol. The summed E-state index contributed by atoms with van der Waals surface area (Å²) in [7, 11) is 0. The molecule has 0 radical (unpaired) electrons. The number of hydrogen-bond donors (Lipinski definition) is 0. The monoisotopic (exact) mass is 421 g/mol. The second-order valence-electron chi connectivity index (χ2n) is 8.54. The van der Waals surface area contributed by atoms with E-state index in [0.717, 1.165) is 5.56 Å². The van der Waals surface area contributed by atoms with Crippen LogP contribution in [0, 0.1) is 5.41 Å². The van der Waals surface area contributed by atoms with E-state index in [-0.39, 0.29) is 31.4 Å². The van der Waals surface area contributed by atoms with Crippen molar-refractivity contribution in [2.45, 2.75) is 32.3 Å². The minimum Gasteiger partial charge on any atom is -0.462 e. The summed E-state index contributed by atoms with van der Waals surface area (Å²) < 4.78 is 10.5. The molecule has 1 saturated heterocycles. The molecule has 7 nitrogen and oxygen atoms in total. The zero-order chi connectivity index (χ0) is 22.2. The van der Waals surface area contributed by atoms with Crippen molar-refractivity contribution in [3.05, 3.63) is 71.3 Å². The molecule has 0 bridgehead atoms. The first-order chi connectivity index (χ1) is 14.8. The summed E-state index contributed by atoms with van der Waals surface area (Å²) in [6, 6.07) is 15.8. The fourth-order valence-corrected chi connectivity index (χ4v) is 3.95. The number of carbonyl (C=O) groups excluding carboxylic acids is 4. The number of nitrogens with zero attached hydrogens (tertiary/aromatic N) is 1. The fourth-order valence-electron chi connectivity index (χ4n) is 3.95. The van der Waals surface area contributed by atoms with Crippen molar-refractivity contribution in [3.63, 3.8) is 0 Å². The highest BCUT2D eigenvalue weighted by Crippen LogP contribution is 2.33. The molecule has 0 spiro atoms. The molecule has 0 aliphatic carbocycles. The van der Waals surface area contributed by atoms with Gasteiger partial charge in [-0.1, -0.05) is 56.3 Å². The van der Waals surface area contributed by atoms with Crippen LogP contribution in [0.15, 0.2) is 54.6 Å². The lowest BCUT2D eigenvalue weighted by molar-refractivity contribution is -0.163. The van der Waals surface area contributed by atoms with Gasteiger partial charge in [0.2, 0.25) is 6.10 Å². The number of amides is 2. The minimum absolute atomic E-state index is 0.0317. The van der Waals surface area contributed by atoms with Crippen molar-refractivity contribution in [1.82, 2.24) is 4.90 Å². The molecule has 7 heteroatoms. The Bertz CT molecular complexity index is 1010. The summed E-state index contributed by atoms with van der Waals surface area (Å²) in [6.45, 7) is 3.80. The van der Waals surface area contributed by atoms with E-state index in [2.05, 4.69) is 0 Å². The van der Waals surface area contributed by atoms with Crippen LogP contribution < -0.4 is 0 Å². The largest absolute Gasteiger partial charge is 0.462 e. The molecule has 0 saturated carbocycles. The molecule has 31 heavy (non-hydrogen) atoms. The van der Waals surface area contributed by atoms with Gasteiger partial charge in [0.25, 0.3) is 11.8 Å². The van der Waals surface area contributed by atoms with Gasteiger partial charge in [-0.2, -0.15) is 0 Å². The maximum Gasteiger partial charge on any atom is 0.348 e.